The summed E-state index contributed by atoms with van der Waals surface area (Å²) >= 11 is 0. The molecule has 0 aliphatic carbocycles. The molecule has 152 valence electrons. The van der Waals surface area contributed by atoms with E-state index in [9.17, 15) is 0 Å². The van der Waals surface area contributed by atoms with E-state index in [4.69, 9.17) is 0 Å². The zero-order chi connectivity index (χ0) is 21.2. The number of hydrogen-bond donors (Lipinski definition) is 0. The Hall–Kier alpha value is -2.54. The predicted octanol–water partition coefficient (Wildman–Crippen LogP) is 8.31. The van der Waals surface area contributed by atoms with Crippen LogP contribution in [-0.4, -0.2) is 0 Å². The maximum Gasteiger partial charge on any atom is 0.0461 e. The van der Waals surface area contributed by atoms with Gasteiger partial charge in [0.15, 0.2) is 0 Å². The number of rotatable bonds is 4. The van der Waals surface area contributed by atoms with Crippen LogP contribution in [0.15, 0.2) is 72.8 Å². The molecule has 1 heteroatoms. The second kappa shape index (κ2) is 8.06. The molecule has 3 rings (SSSR count). The van der Waals surface area contributed by atoms with Gasteiger partial charge in [0.05, 0.1) is 0 Å². The quantitative estimate of drug-likeness (QED) is 0.436. The minimum atomic E-state index is 0.153. The molecule has 0 radical (unpaired) electrons. The second-order valence-corrected chi connectivity index (χ2v) is 9.95. The molecule has 0 bridgehead atoms. The molecular formula is C28H35N. The van der Waals surface area contributed by atoms with Crippen LogP contribution in [0.3, 0.4) is 0 Å². The highest BCUT2D eigenvalue weighted by Crippen LogP contribution is 2.37. The van der Waals surface area contributed by atoms with Crippen LogP contribution in [0.1, 0.15) is 65.2 Å². The summed E-state index contributed by atoms with van der Waals surface area (Å²) in [6.07, 6.45) is 1.06. The van der Waals surface area contributed by atoms with Gasteiger partial charge in [-0.05, 0) is 70.3 Å². The van der Waals surface area contributed by atoms with Gasteiger partial charge >= 0.3 is 0 Å². The average molecular weight is 386 g/mol. The van der Waals surface area contributed by atoms with Crippen molar-refractivity contribution >= 4 is 17.1 Å². The SMILES string of the molecule is CCc1ccc(N(c2ccc(C(C)(C)C)cc2)c2ccc(C(C)(C)C)cc2)cc1. The van der Waals surface area contributed by atoms with Crippen LogP contribution < -0.4 is 4.90 Å². The van der Waals surface area contributed by atoms with E-state index < -0.39 is 0 Å². The molecule has 1 nitrogen and oxygen atoms in total. The summed E-state index contributed by atoms with van der Waals surface area (Å²) in [5.74, 6) is 0. The molecule has 0 N–H and O–H groups in total. The van der Waals surface area contributed by atoms with Crippen molar-refractivity contribution in [3.63, 3.8) is 0 Å². The molecule has 0 aliphatic heterocycles. The summed E-state index contributed by atoms with van der Waals surface area (Å²) in [5.41, 5.74) is 7.93. The Morgan fingerprint density at radius 3 is 1.10 bits per heavy atom. The van der Waals surface area contributed by atoms with Gasteiger partial charge in [-0.3, -0.25) is 0 Å². The van der Waals surface area contributed by atoms with Crippen molar-refractivity contribution in [2.75, 3.05) is 4.90 Å². The van der Waals surface area contributed by atoms with E-state index in [1.807, 2.05) is 0 Å². The first-order chi connectivity index (χ1) is 13.6. The van der Waals surface area contributed by atoms with Crippen LogP contribution in [0.4, 0.5) is 17.1 Å². The first kappa shape index (κ1) is 21.2. The summed E-state index contributed by atoms with van der Waals surface area (Å²) in [4.78, 5) is 2.35. The summed E-state index contributed by atoms with van der Waals surface area (Å²) in [7, 11) is 0. The predicted molar refractivity (Wildman–Crippen MR) is 128 cm³/mol. The zero-order valence-corrected chi connectivity index (χ0v) is 19.1. The molecule has 0 spiro atoms. The van der Waals surface area contributed by atoms with E-state index >= 15 is 0 Å². The fraction of sp³-hybridized carbons (Fsp3) is 0.357. The summed E-state index contributed by atoms with van der Waals surface area (Å²) in [6.45, 7) is 15.7. The summed E-state index contributed by atoms with van der Waals surface area (Å²) in [5, 5.41) is 0. The number of anilines is 3. The Morgan fingerprint density at radius 2 is 0.828 bits per heavy atom. The zero-order valence-electron chi connectivity index (χ0n) is 19.1. The monoisotopic (exact) mass is 385 g/mol. The van der Waals surface area contributed by atoms with Gasteiger partial charge in [0, 0.05) is 17.1 Å². The lowest BCUT2D eigenvalue weighted by molar-refractivity contribution is 0.590. The molecule has 0 saturated carbocycles. The Labute approximate surface area is 177 Å². The third kappa shape index (κ3) is 4.90. The Morgan fingerprint density at radius 1 is 0.517 bits per heavy atom. The summed E-state index contributed by atoms with van der Waals surface area (Å²) in [6, 6.07) is 26.9. The molecule has 0 aliphatic rings. The van der Waals surface area contributed by atoms with Crippen molar-refractivity contribution in [1.29, 1.82) is 0 Å². The summed E-state index contributed by atoms with van der Waals surface area (Å²) < 4.78 is 0. The molecule has 0 atom stereocenters. The number of hydrogen-bond acceptors (Lipinski definition) is 1. The first-order valence-electron chi connectivity index (χ1n) is 10.7. The lowest BCUT2D eigenvalue weighted by Gasteiger charge is -2.28. The molecule has 0 heterocycles. The van der Waals surface area contributed by atoms with Crippen LogP contribution in [0.2, 0.25) is 0 Å². The molecular weight excluding hydrogens is 350 g/mol. The van der Waals surface area contributed by atoms with E-state index in [2.05, 4.69) is 126 Å². The highest BCUT2D eigenvalue weighted by Gasteiger charge is 2.18. The third-order valence-electron chi connectivity index (χ3n) is 5.59. The topological polar surface area (TPSA) is 3.24 Å². The number of nitrogens with zero attached hydrogens (tertiary/aromatic N) is 1. The van der Waals surface area contributed by atoms with Crippen LogP contribution in [0, 0.1) is 0 Å². The van der Waals surface area contributed by atoms with Gasteiger partial charge in [-0.15, -0.1) is 0 Å². The Bertz CT molecular complexity index is 861. The molecule has 0 saturated heterocycles. The molecule has 29 heavy (non-hydrogen) atoms. The smallest absolute Gasteiger partial charge is 0.0461 e. The fourth-order valence-corrected chi connectivity index (χ4v) is 3.55. The lowest BCUT2D eigenvalue weighted by atomic mass is 9.86. The highest BCUT2D eigenvalue weighted by atomic mass is 15.1. The van der Waals surface area contributed by atoms with Gasteiger partial charge in [0.25, 0.3) is 0 Å². The van der Waals surface area contributed by atoms with Gasteiger partial charge in [0.1, 0.15) is 0 Å². The highest BCUT2D eigenvalue weighted by molar-refractivity contribution is 5.76. The standard InChI is InChI=1S/C28H35N/c1-8-21-9-15-24(16-10-21)29(25-17-11-22(12-18-25)27(2,3)4)26-19-13-23(14-20-26)28(5,6)7/h9-20H,8H2,1-7H3. The van der Waals surface area contributed by atoms with Gasteiger partial charge in [-0.1, -0.05) is 84.9 Å². The average Bonchev–Trinajstić information content (AvgIpc) is 2.68. The van der Waals surface area contributed by atoms with Crippen molar-refractivity contribution in [3.8, 4) is 0 Å². The normalized spacial score (nSPS) is 12.1. The van der Waals surface area contributed by atoms with Gasteiger partial charge in [-0.2, -0.15) is 0 Å². The maximum absolute atomic E-state index is 2.35. The van der Waals surface area contributed by atoms with Crippen LogP contribution in [0.5, 0.6) is 0 Å². The molecule has 3 aromatic rings. The fourth-order valence-electron chi connectivity index (χ4n) is 3.55. The Balaban J connectivity index is 2.06. The van der Waals surface area contributed by atoms with Crippen molar-refractivity contribution < 1.29 is 0 Å². The minimum Gasteiger partial charge on any atom is -0.311 e. The third-order valence-corrected chi connectivity index (χ3v) is 5.59. The second-order valence-electron chi connectivity index (χ2n) is 9.95. The molecule has 0 aromatic heterocycles. The maximum atomic E-state index is 2.35. The van der Waals surface area contributed by atoms with Gasteiger partial charge in [-0.25, -0.2) is 0 Å². The van der Waals surface area contributed by atoms with E-state index in [0.29, 0.717) is 0 Å². The Kier molecular flexibility index (Phi) is 5.89. The first-order valence-corrected chi connectivity index (χ1v) is 10.7. The van der Waals surface area contributed by atoms with Crippen LogP contribution in [-0.2, 0) is 17.3 Å². The van der Waals surface area contributed by atoms with Crippen LogP contribution in [0.25, 0.3) is 0 Å². The largest absolute Gasteiger partial charge is 0.311 e. The van der Waals surface area contributed by atoms with Crippen molar-refractivity contribution in [3.05, 3.63) is 89.5 Å². The van der Waals surface area contributed by atoms with E-state index in [-0.39, 0.29) is 10.8 Å². The molecule has 0 fully saturated rings. The van der Waals surface area contributed by atoms with Crippen molar-refractivity contribution in [2.24, 2.45) is 0 Å². The molecule has 0 unspecified atom stereocenters. The van der Waals surface area contributed by atoms with E-state index in [0.717, 1.165) is 6.42 Å². The van der Waals surface area contributed by atoms with Crippen molar-refractivity contribution in [2.45, 2.75) is 65.7 Å². The van der Waals surface area contributed by atoms with E-state index in [1.165, 1.54) is 33.8 Å². The van der Waals surface area contributed by atoms with Gasteiger partial charge in [0.2, 0.25) is 0 Å². The number of benzene rings is 3. The van der Waals surface area contributed by atoms with Gasteiger partial charge < -0.3 is 4.90 Å². The van der Waals surface area contributed by atoms with E-state index in [1.54, 1.807) is 0 Å². The van der Waals surface area contributed by atoms with Crippen LogP contribution >= 0.6 is 0 Å². The van der Waals surface area contributed by atoms with Crippen molar-refractivity contribution in [1.82, 2.24) is 0 Å². The minimum absolute atomic E-state index is 0.153. The molecule has 0 amide bonds. The lowest BCUT2D eigenvalue weighted by Crippen LogP contribution is -2.14. The number of aryl methyl sites for hydroxylation is 1. The molecule has 3 aromatic carbocycles.